The molecule has 1 aliphatic heterocycles. The van der Waals surface area contributed by atoms with Gasteiger partial charge in [-0.1, -0.05) is 38.3 Å². The van der Waals surface area contributed by atoms with Gasteiger partial charge in [0.1, 0.15) is 0 Å². The molecule has 2 aliphatic rings. The van der Waals surface area contributed by atoms with E-state index >= 15 is 0 Å². The monoisotopic (exact) mass is 258 g/mol. The third-order valence-corrected chi connectivity index (χ3v) is 4.82. The average Bonchev–Trinajstić information content (AvgIpc) is 2.43. The van der Waals surface area contributed by atoms with Gasteiger partial charge in [0.05, 0.1) is 0 Å². The summed E-state index contributed by atoms with van der Waals surface area (Å²) >= 11 is 0. The van der Waals surface area contributed by atoms with Crippen LogP contribution in [-0.4, -0.2) is 19.6 Å². The number of hydrogen-bond donors (Lipinski definition) is 1. The Kier molecular flexibility index (Phi) is 3.79. The quantitative estimate of drug-likeness (QED) is 0.888. The van der Waals surface area contributed by atoms with Crippen molar-refractivity contribution in [2.45, 2.75) is 45.6 Å². The second kappa shape index (κ2) is 5.54. The van der Waals surface area contributed by atoms with Gasteiger partial charge in [0, 0.05) is 30.7 Å². The summed E-state index contributed by atoms with van der Waals surface area (Å²) in [7, 11) is 0. The van der Waals surface area contributed by atoms with E-state index in [1.54, 1.807) is 0 Å². The van der Waals surface area contributed by atoms with Crippen molar-refractivity contribution in [3.05, 3.63) is 29.8 Å². The molecule has 1 saturated carbocycles. The van der Waals surface area contributed by atoms with Crippen LogP contribution in [0.3, 0.4) is 0 Å². The predicted octanol–water partition coefficient (Wildman–Crippen LogP) is 3.57. The molecule has 3 rings (SSSR count). The second-order valence-electron chi connectivity index (χ2n) is 6.37. The Bertz CT molecular complexity index is 413. The second-order valence-corrected chi connectivity index (χ2v) is 6.37. The normalized spacial score (nSPS) is 21.4. The number of rotatable bonds is 4. The van der Waals surface area contributed by atoms with Crippen molar-refractivity contribution >= 4 is 5.69 Å². The van der Waals surface area contributed by atoms with E-state index in [9.17, 15) is 0 Å². The molecule has 0 aromatic heterocycles. The minimum Gasteiger partial charge on any atom is -0.370 e. The van der Waals surface area contributed by atoms with E-state index in [0.29, 0.717) is 5.41 Å². The van der Waals surface area contributed by atoms with Crippen LogP contribution in [0, 0.1) is 5.41 Å². The third-order valence-electron chi connectivity index (χ3n) is 4.82. The topological polar surface area (TPSA) is 15.3 Å². The minimum absolute atomic E-state index is 0.677. The summed E-state index contributed by atoms with van der Waals surface area (Å²) in [4.78, 5) is 2.57. The molecule has 2 heteroatoms. The van der Waals surface area contributed by atoms with Gasteiger partial charge in [0.15, 0.2) is 0 Å². The van der Waals surface area contributed by atoms with E-state index < -0.39 is 0 Å². The molecule has 104 valence electrons. The smallest absolute Gasteiger partial charge is 0.0369 e. The maximum Gasteiger partial charge on any atom is 0.0369 e. The van der Waals surface area contributed by atoms with Gasteiger partial charge < -0.3 is 10.2 Å². The SMILES string of the molecule is CCNCc1cccc(N2CC3(CCCCC3)C2)c1. The van der Waals surface area contributed by atoms with Crippen LogP contribution in [0.25, 0.3) is 0 Å². The van der Waals surface area contributed by atoms with E-state index in [2.05, 4.69) is 41.4 Å². The Labute approximate surface area is 117 Å². The maximum absolute atomic E-state index is 3.41. The van der Waals surface area contributed by atoms with E-state index in [1.165, 1.54) is 56.4 Å². The average molecular weight is 258 g/mol. The summed E-state index contributed by atoms with van der Waals surface area (Å²) in [5.41, 5.74) is 3.51. The fraction of sp³-hybridized carbons (Fsp3) is 0.647. The maximum atomic E-state index is 3.41. The highest BCUT2D eigenvalue weighted by Crippen LogP contribution is 2.45. The van der Waals surface area contributed by atoms with Crippen LogP contribution in [0.4, 0.5) is 5.69 Å². The number of anilines is 1. The van der Waals surface area contributed by atoms with Crippen LogP contribution in [0.1, 0.15) is 44.6 Å². The molecule has 1 aromatic carbocycles. The lowest BCUT2D eigenvalue weighted by Gasteiger charge is -2.53. The first-order chi connectivity index (χ1) is 9.31. The molecular weight excluding hydrogens is 232 g/mol. The molecule has 1 aliphatic carbocycles. The summed E-state index contributed by atoms with van der Waals surface area (Å²) in [6.07, 6.45) is 7.28. The van der Waals surface area contributed by atoms with Crippen LogP contribution in [0.2, 0.25) is 0 Å². The Morgan fingerprint density at radius 1 is 1.16 bits per heavy atom. The molecule has 0 radical (unpaired) electrons. The van der Waals surface area contributed by atoms with Gasteiger partial charge in [-0.15, -0.1) is 0 Å². The van der Waals surface area contributed by atoms with E-state index in [0.717, 1.165) is 13.1 Å². The first kappa shape index (κ1) is 13.0. The molecule has 1 N–H and O–H groups in total. The van der Waals surface area contributed by atoms with Crippen LogP contribution >= 0.6 is 0 Å². The molecule has 0 amide bonds. The van der Waals surface area contributed by atoms with E-state index in [-0.39, 0.29) is 0 Å². The highest BCUT2D eigenvalue weighted by molar-refractivity contribution is 5.51. The lowest BCUT2D eigenvalue weighted by molar-refractivity contribution is 0.139. The van der Waals surface area contributed by atoms with Crippen molar-refractivity contribution in [2.75, 3.05) is 24.5 Å². The van der Waals surface area contributed by atoms with Crippen LogP contribution in [0.15, 0.2) is 24.3 Å². The number of hydrogen-bond acceptors (Lipinski definition) is 2. The molecule has 0 bridgehead atoms. The van der Waals surface area contributed by atoms with Gasteiger partial charge in [0.2, 0.25) is 0 Å². The summed E-state index contributed by atoms with van der Waals surface area (Å²) < 4.78 is 0. The Morgan fingerprint density at radius 3 is 2.68 bits per heavy atom. The highest BCUT2D eigenvalue weighted by Gasteiger charge is 2.43. The molecule has 1 saturated heterocycles. The minimum atomic E-state index is 0.677. The molecule has 2 nitrogen and oxygen atoms in total. The van der Waals surface area contributed by atoms with Crippen LogP contribution in [0.5, 0.6) is 0 Å². The van der Waals surface area contributed by atoms with Gasteiger partial charge in [-0.3, -0.25) is 0 Å². The first-order valence-corrected chi connectivity index (χ1v) is 7.86. The number of nitrogens with zero attached hydrogens (tertiary/aromatic N) is 1. The lowest BCUT2D eigenvalue weighted by Crippen LogP contribution is -2.57. The third kappa shape index (κ3) is 2.79. The summed E-state index contributed by atoms with van der Waals surface area (Å²) in [6.45, 7) is 6.77. The van der Waals surface area contributed by atoms with Gasteiger partial charge >= 0.3 is 0 Å². The van der Waals surface area contributed by atoms with Crippen molar-refractivity contribution in [3.63, 3.8) is 0 Å². The zero-order valence-electron chi connectivity index (χ0n) is 12.1. The zero-order valence-corrected chi connectivity index (χ0v) is 12.1. The highest BCUT2D eigenvalue weighted by atomic mass is 15.2. The van der Waals surface area contributed by atoms with Crippen molar-refractivity contribution in [1.29, 1.82) is 0 Å². The van der Waals surface area contributed by atoms with Crippen molar-refractivity contribution in [2.24, 2.45) is 5.41 Å². The van der Waals surface area contributed by atoms with Crippen LogP contribution in [-0.2, 0) is 6.54 Å². The van der Waals surface area contributed by atoms with Gasteiger partial charge in [-0.25, -0.2) is 0 Å². The van der Waals surface area contributed by atoms with Crippen molar-refractivity contribution < 1.29 is 0 Å². The lowest BCUT2D eigenvalue weighted by atomic mass is 9.68. The number of nitrogens with one attached hydrogen (secondary N) is 1. The molecule has 1 heterocycles. The summed E-state index contributed by atoms with van der Waals surface area (Å²) in [6, 6.07) is 9.06. The predicted molar refractivity (Wildman–Crippen MR) is 81.6 cm³/mol. The van der Waals surface area contributed by atoms with Gasteiger partial charge in [0.25, 0.3) is 0 Å². The summed E-state index contributed by atoms with van der Waals surface area (Å²) in [5.74, 6) is 0. The fourth-order valence-corrected chi connectivity index (χ4v) is 3.70. The Hall–Kier alpha value is -1.02. The van der Waals surface area contributed by atoms with E-state index in [4.69, 9.17) is 0 Å². The van der Waals surface area contributed by atoms with Crippen molar-refractivity contribution in [1.82, 2.24) is 5.32 Å². The standard InChI is InChI=1S/C17H26N2/c1-2-18-12-15-7-6-8-16(11-15)19-13-17(14-19)9-4-3-5-10-17/h6-8,11,18H,2-5,9-10,12-14H2,1H3. The molecule has 19 heavy (non-hydrogen) atoms. The molecule has 1 aromatic rings. The molecule has 0 atom stereocenters. The van der Waals surface area contributed by atoms with Crippen molar-refractivity contribution in [3.8, 4) is 0 Å². The first-order valence-electron chi connectivity index (χ1n) is 7.86. The van der Waals surface area contributed by atoms with Gasteiger partial charge in [-0.2, -0.15) is 0 Å². The summed E-state index contributed by atoms with van der Waals surface area (Å²) in [5, 5.41) is 3.41. The zero-order chi connectivity index (χ0) is 13.1. The van der Waals surface area contributed by atoms with Gasteiger partial charge in [-0.05, 0) is 37.1 Å². The molecule has 0 unspecified atom stereocenters. The molecule has 2 fully saturated rings. The van der Waals surface area contributed by atoms with Crippen LogP contribution < -0.4 is 10.2 Å². The largest absolute Gasteiger partial charge is 0.370 e. The molecule has 1 spiro atoms. The Balaban J connectivity index is 1.61. The van der Waals surface area contributed by atoms with E-state index in [1.807, 2.05) is 0 Å². The fourth-order valence-electron chi connectivity index (χ4n) is 3.70. The Morgan fingerprint density at radius 2 is 1.95 bits per heavy atom. The molecular formula is C17H26N2. The number of benzene rings is 1.